The van der Waals surface area contributed by atoms with Crippen molar-refractivity contribution in [2.45, 2.75) is 26.4 Å². The summed E-state index contributed by atoms with van der Waals surface area (Å²) >= 11 is 0. The zero-order valence-corrected chi connectivity index (χ0v) is 10.9. The predicted octanol–water partition coefficient (Wildman–Crippen LogP) is 1.30. The Morgan fingerprint density at radius 1 is 1.44 bits per heavy atom. The first-order valence-electron chi connectivity index (χ1n) is 6.40. The van der Waals surface area contributed by atoms with Crippen LogP contribution in [0.25, 0.3) is 0 Å². The van der Waals surface area contributed by atoms with Crippen molar-refractivity contribution < 1.29 is 13.9 Å². The highest BCUT2D eigenvalue weighted by Gasteiger charge is 1.99. The number of hydrogen-bond donors (Lipinski definition) is 2. The lowest BCUT2D eigenvalue weighted by Gasteiger charge is -2.06. The van der Waals surface area contributed by atoms with E-state index in [1.165, 1.54) is 0 Å². The summed E-state index contributed by atoms with van der Waals surface area (Å²) in [4.78, 5) is 11.3. The van der Waals surface area contributed by atoms with Crippen molar-refractivity contribution in [3.63, 3.8) is 0 Å². The van der Waals surface area contributed by atoms with E-state index in [0.717, 1.165) is 25.1 Å². The Labute approximate surface area is 108 Å². The summed E-state index contributed by atoms with van der Waals surface area (Å²) in [7, 11) is 0. The van der Waals surface area contributed by atoms with E-state index < -0.39 is 0 Å². The van der Waals surface area contributed by atoms with E-state index in [4.69, 9.17) is 9.15 Å². The van der Waals surface area contributed by atoms with Gasteiger partial charge in [0, 0.05) is 13.2 Å². The van der Waals surface area contributed by atoms with E-state index in [0.29, 0.717) is 26.3 Å². The first-order chi connectivity index (χ1) is 8.83. The van der Waals surface area contributed by atoms with Crippen molar-refractivity contribution in [3.8, 4) is 0 Å². The molecule has 0 unspecified atom stereocenters. The maximum atomic E-state index is 11.3. The Balaban J connectivity index is 1.87. The zero-order chi connectivity index (χ0) is 13.1. The van der Waals surface area contributed by atoms with Gasteiger partial charge in [-0.15, -0.1) is 0 Å². The van der Waals surface area contributed by atoms with E-state index >= 15 is 0 Å². The van der Waals surface area contributed by atoms with Gasteiger partial charge in [-0.1, -0.05) is 6.92 Å². The number of hydrogen-bond acceptors (Lipinski definition) is 4. The number of nitrogens with one attached hydrogen (secondary N) is 2. The summed E-state index contributed by atoms with van der Waals surface area (Å²) in [6.07, 6.45) is 3.47. The molecule has 2 N–H and O–H groups in total. The van der Waals surface area contributed by atoms with Gasteiger partial charge in [-0.25, -0.2) is 0 Å². The van der Waals surface area contributed by atoms with Crippen LogP contribution < -0.4 is 10.6 Å². The van der Waals surface area contributed by atoms with Gasteiger partial charge in [0.05, 0.1) is 12.8 Å². The SMILES string of the molecule is CCCNCC(=O)NCCCOCc1ccco1. The van der Waals surface area contributed by atoms with Crippen molar-refractivity contribution in [2.24, 2.45) is 0 Å². The van der Waals surface area contributed by atoms with E-state index in [9.17, 15) is 4.79 Å². The molecule has 1 aromatic rings. The van der Waals surface area contributed by atoms with Gasteiger partial charge in [0.15, 0.2) is 0 Å². The Morgan fingerprint density at radius 3 is 3.06 bits per heavy atom. The lowest BCUT2D eigenvalue weighted by atomic mass is 10.4. The molecule has 1 rings (SSSR count). The number of furan rings is 1. The number of carbonyl (C=O) groups excluding carboxylic acids is 1. The van der Waals surface area contributed by atoms with Gasteiger partial charge >= 0.3 is 0 Å². The number of rotatable bonds is 10. The van der Waals surface area contributed by atoms with Crippen molar-refractivity contribution >= 4 is 5.91 Å². The third-order valence-electron chi connectivity index (χ3n) is 2.32. The van der Waals surface area contributed by atoms with Gasteiger partial charge in [-0.05, 0) is 31.5 Å². The van der Waals surface area contributed by atoms with E-state index in [-0.39, 0.29) is 5.91 Å². The van der Waals surface area contributed by atoms with Crippen LogP contribution in [0.5, 0.6) is 0 Å². The summed E-state index contributed by atoms with van der Waals surface area (Å²) in [5, 5.41) is 5.88. The second-order valence-corrected chi connectivity index (χ2v) is 4.01. The molecule has 1 amide bonds. The van der Waals surface area contributed by atoms with E-state index in [2.05, 4.69) is 17.6 Å². The van der Waals surface area contributed by atoms with Gasteiger partial charge in [0.1, 0.15) is 12.4 Å². The Kier molecular flexibility index (Phi) is 7.92. The highest BCUT2D eigenvalue weighted by molar-refractivity contribution is 5.77. The minimum absolute atomic E-state index is 0.0366. The first-order valence-corrected chi connectivity index (χ1v) is 6.40. The normalized spacial score (nSPS) is 10.5. The standard InChI is InChI=1S/C13H22N2O3/c1-2-6-14-10-13(16)15-7-4-8-17-11-12-5-3-9-18-12/h3,5,9,14H,2,4,6-8,10-11H2,1H3,(H,15,16). The molecule has 0 bridgehead atoms. The van der Waals surface area contributed by atoms with Gasteiger partial charge in [0.2, 0.25) is 5.91 Å². The fraction of sp³-hybridized carbons (Fsp3) is 0.615. The van der Waals surface area contributed by atoms with Crippen molar-refractivity contribution in [2.75, 3.05) is 26.2 Å². The maximum absolute atomic E-state index is 11.3. The van der Waals surface area contributed by atoms with Crippen LogP contribution in [0.2, 0.25) is 0 Å². The Morgan fingerprint density at radius 2 is 2.33 bits per heavy atom. The van der Waals surface area contributed by atoms with Gasteiger partial charge in [-0.3, -0.25) is 4.79 Å². The topological polar surface area (TPSA) is 63.5 Å². The fourth-order valence-electron chi connectivity index (χ4n) is 1.41. The first kappa shape index (κ1) is 14.7. The van der Waals surface area contributed by atoms with E-state index in [1.54, 1.807) is 6.26 Å². The lowest BCUT2D eigenvalue weighted by Crippen LogP contribution is -2.34. The van der Waals surface area contributed by atoms with Crippen molar-refractivity contribution in [1.82, 2.24) is 10.6 Å². The average Bonchev–Trinajstić information content (AvgIpc) is 2.87. The smallest absolute Gasteiger partial charge is 0.233 e. The van der Waals surface area contributed by atoms with Gasteiger partial charge < -0.3 is 19.8 Å². The lowest BCUT2D eigenvalue weighted by molar-refractivity contribution is -0.120. The predicted molar refractivity (Wildman–Crippen MR) is 69.2 cm³/mol. The van der Waals surface area contributed by atoms with Gasteiger partial charge in [0.25, 0.3) is 0 Å². The summed E-state index contributed by atoms with van der Waals surface area (Å²) in [5.41, 5.74) is 0. The van der Waals surface area contributed by atoms with Crippen LogP contribution in [0, 0.1) is 0 Å². The van der Waals surface area contributed by atoms with Crippen LogP contribution in [0.4, 0.5) is 0 Å². The van der Waals surface area contributed by atoms with Gasteiger partial charge in [-0.2, -0.15) is 0 Å². The van der Waals surface area contributed by atoms with Crippen LogP contribution in [0.15, 0.2) is 22.8 Å². The quantitative estimate of drug-likeness (QED) is 0.618. The minimum Gasteiger partial charge on any atom is -0.467 e. The summed E-state index contributed by atoms with van der Waals surface area (Å²) in [5.74, 6) is 0.859. The Hall–Kier alpha value is -1.33. The van der Waals surface area contributed by atoms with Crippen LogP contribution in [0.3, 0.4) is 0 Å². The highest BCUT2D eigenvalue weighted by Crippen LogP contribution is 2.01. The third-order valence-corrected chi connectivity index (χ3v) is 2.32. The molecule has 0 saturated heterocycles. The molecule has 5 nitrogen and oxygen atoms in total. The molecule has 0 fully saturated rings. The Bertz CT molecular complexity index is 312. The van der Waals surface area contributed by atoms with Crippen LogP contribution in [0.1, 0.15) is 25.5 Å². The molecular formula is C13H22N2O3. The van der Waals surface area contributed by atoms with Crippen molar-refractivity contribution in [1.29, 1.82) is 0 Å². The largest absolute Gasteiger partial charge is 0.467 e. The highest BCUT2D eigenvalue weighted by atomic mass is 16.5. The molecular weight excluding hydrogens is 232 g/mol. The number of amides is 1. The molecule has 102 valence electrons. The summed E-state index contributed by atoms with van der Waals surface area (Å²) < 4.78 is 10.5. The molecule has 0 radical (unpaired) electrons. The molecule has 0 aliphatic carbocycles. The van der Waals surface area contributed by atoms with Crippen LogP contribution in [-0.2, 0) is 16.1 Å². The second-order valence-electron chi connectivity index (χ2n) is 4.01. The molecule has 0 spiro atoms. The molecule has 0 aliphatic heterocycles. The molecule has 1 aromatic heterocycles. The monoisotopic (exact) mass is 254 g/mol. The average molecular weight is 254 g/mol. The minimum atomic E-state index is 0.0366. The molecule has 0 aromatic carbocycles. The van der Waals surface area contributed by atoms with Crippen molar-refractivity contribution in [3.05, 3.63) is 24.2 Å². The summed E-state index contributed by atoms with van der Waals surface area (Å²) in [6.45, 7) is 5.08. The zero-order valence-electron chi connectivity index (χ0n) is 10.9. The second kappa shape index (κ2) is 9.67. The molecule has 0 atom stereocenters. The molecule has 5 heteroatoms. The number of carbonyl (C=O) groups is 1. The number of ether oxygens (including phenoxy) is 1. The maximum Gasteiger partial charge on any atom is 0.233 e. The third kappa shape index (κ3) is 7.09. The molecule has 18 heavy (non-hydrogen) atoms. The van der Waals surface area contributed by atoms with E-state index in [1.807, 2.05) is 12.1 Å². The summed E-state index contributed by atoms with van der Waals surface area (Å²) in [6, 6.07) is 3.71. The van der Waals surface area contributed by atoms with Crippen LogP contribution >= 0.6 is 0 Å². The fourth-order valence-corrected chi connectivity index (χ4v) is 1.41. The molecule has 1 heterocycles. The molecule has 0 saturated carbocycles. The van der Waals surface area contributed by atoms with Crippen LogP contribution in [-0.4, -0.2) is 32.1 Å². The molecule has 0 aliphatic rings.